The van der Waals surface area contributed by atoms with Gasteiger partial charge in [0.05, 0.1) is 16.3 Å². The molecule has 0 atom stereocenters. The molecule has 2 aromatic carbocycles. The molecule has 0 fully saturated rings. The van der Waals surface area contributed by atoms with Crippen LogP contribution in [0.3, 0.4) is 0 Å². The second-order valence-corrected chi connectivity index (χ2v) is 11.5. The molecule has 1 aromatic heterocycles. The predicted octanol–water partition coefficient (Wildman–Crippen LogP) is 6.22. The van der Waals surface area contributed by atoms with Crippen LogP contribution in [0.25, 0.3) is 5.57 Å². The first kappa shape index (κ1) is 24.2. The summed E-state index contributed by atoms with van der Waals surface area (Å²) in [5.74, 6) is -0.332. The van der Waals surface area contributed by atoms with E-state index in [1.807, 2.05) is 29.6 Å². The van der Waals surface area contributed by atoms with Crippen molar-refractivity contribution in [1.29, 1.82) is 0 Å². The molecule has 1 aliphatic carbocycles. The van der Waals surface area contributed by atoms with Crippen molar-refractivity contribution in [3.8, 4) is 0 Å². The van der Waals surface area contributed by atoms with Crippen molar-refractivity contribution < 1.29 is 13.2 Å². The monoisotopic (exact) mass is 517 g/mol. The van der Waals surface area contributed by atoms with Gasteiger partial charge < -0.3 is 0 Å². The molecular formula is C28H27N3O3S2. The molecule has 1 aliphatic heterocycles. The molecule has 1 N–H and O–H groups in total. The predicted molar refractivity (Wildman–Crippen MR) is 146 cm³/mol. The number of aryl methyl sites for hydroxylation is 1. The molecule has 3 aromatic rings. The molecule has 184 valence electrons. The first-order chi connectivity index (χ1) is 17.5. The van der Waals surface area contributed by atoms with Crippen molar-refractivity contribution in [3.05, 3.63) is 101 Å². The zero-order valence-electron chi connectivity index (χ0n) is 20.0. The van der Waals surface area contributed by atoms with Gasteiger partial charge in [0.1, 0.15) is 0 Å². The van der Waals surface area contributed by atoms with Gasteiger partial charge in [0.2, 0.25) is 0 Å². The Kier molecular flexibility index (Phi) is 6.89. The van der Waals surface area contributed by atoms with Crippen LogP contribution in [-0.2, 0) is 16.4 Å². The second-order valence-electron chi connectivity index (χ2n) is 8.73. The van der Waals surface area contributed by atoms with Gasteiger partial charge in [0.25, 0.3) is 15.9 Å². The largest absolute Gasteiger partial charge is 0.298 e. The number of benzene rings is 2. The maximum absolute atomic E-state index is 13.3. The molecule has 6 nitrogen and oxygen atoms in total. The van der Waals surface area contributed by atoms with Crippen LogP contribution >= 0.6 is 11.3 Å². The average molecular weight is 518 g/mol. The minimum Gasteiger partial charge on any atom is -0.298 e. The van der Waals surface area contributed by atoms with Crippen molar-refractivity contribution in [2.45, 2.75) is 37.5 Å². The van der Waals surface area contributed by atoms with Gasteiger partial charge in [-0.05, 0) is 61.6 Å². The van der Waals surface area contributed by atoms with E-state index in [-0.39, 0.29) is 10.8 Å². The number of nitrogens with one attached hydrogen (secondary N) is 1. The molecule has 0 unspecified atom stereocenters. The minimum atomic E-state index is -3.72. The topological polar surface area (TPSA) is 79.4 Å². The standard InChI is InChI=1S/C28H27N3O3S2/c1-2-20-7-5-9-21(13-12-20)25-19-35-28(29-25)30-27(32)23-14-16-24(17-15-23)36(33,34)31-18-6-10-22-8-3-4-11-26(22)31/h3-5,8-9,11-17,19H,2,6-7,10,18H2,1H3,(H,29,30,32). The zero-order valence-corrected chi connectivity index (χ0v) is 21.6. The van der Waals surface area contributed by atoms with Gasteiger partial charge >= 0.3 is 0 Å². The van der Waals surface area contributed by atoms with Gasteiger partial charge in [0.15, 0.2) is 5.13 Å². The molecule has 0 saturated heterocycles. The maximum atomic E-state index is 13.3. The molecule has 1 amide bonds. The minimum absolute atomic E-state index is 0.166. The van der Waals surface area contributed by atoms with Gasteiger partial charge in [-0.1, -0.05) is 55.0 Å². The summed E-state index contributed by atoms with van der Waals surface area (Å²) in [7, 11) is -3.72. The number of aromatic nitrogens is 1. The third kappa shape index (κ3) is 4.92. The number of hydrogen-bond acceptors (Lipinski definition) is 5. The number of rotatable bonds is 6. The van der Waals surface area contributed by atoms with Crippen molar-refractivity contribution >= 4 is 43.7 Å². The number of sulfonamides is 1. The lowest BCUT2D eigenvalue weighted by molar-refractivity contribution is 0.102. The lowest BCUT2D eigenvalue weighted by Gasteiger charge is -2.30. The number of carbonyl (C=O) groups excluding carboxylic acids is 1. The van der Waals surface area contributed by atoms with E-state index in [0.29, 0.717) is 17.2 Å². The van der Waals surface area contributed by atoms with E-state index >= 15 is 0 Å². The molecule has 0 bridgehead atoms. The smallest absolute Gasteiger partial charge is 0.264 e. The molecular weight excluding hydrogens is 490 g/mol. The summed E-state index contributed by atoms with van der Waals surface area (Å²) in [6.45, 7) is 2.58. The van der Waals surface area contributed by atoms with Crippen LogP contribution in [0.2, 0.25) is 0 Å². The third-order valence-corrected chi connectivity index (χ3v) is 9.01. The number of amides is 1. The van der Waals surface area contributed by atoms with Crippen LogP contribution in [0.1, 0.15) is 47.8 Å². The molecule has 5 rings (SSSR count). The molecule has 36 heavy (non-hydrogen) atoms. The highest BCUT2D eigenvalue weighted by molar-refractivity contribution is 7.92. The van der Waals surface area contributed by atoms with Crippen LogP contribution in [-0.4, -0.2) is 25.9 Å². The fourth-order valence-corrected chi connectivity index (χ4v) is 6.64. The van der Waals surface area contributed by atoms with E-state index in [2.05, 4.69) is 41.5 Å². The highest BCUT2D eigenvalue weighted by Gasteiger charge is 2.29. The number of hydrogen-bond donors (Lipinski definition) is 1. The number of fused-ring (bicyclic) bond motifs is 1. The van der Waals surface area contributed by atoms with Crippen LogP contribution in [0, 0.1) is 0 Å². The summed E-state index contributed by atoms with van der Waals surface area (Å²) in [6.07, 6.45) is 12.0. The van der Waals surface area contributed by atoms with Crippen molar-refractivity contribution in [2.24, 2.45) is 0 Å². The average Bonchev–Trinajstić information content (AvgIpc) is 3.23. The van der Waals surface area contributed by atoms with E-state index < -0.39 is 10.0 Å². The number of anilines is 2. The summed E-state index contributed by atoms with van der Waals surface area (Å²) in [5, 5.41) is 5.24. The Morgan fingerprint density at radius 2 is 1.92 bits per heavy atom. The highest BCUT2D eigenvalue weighted by Crippen LogP contribution is 2.32. The Bertz CT molecular complexity index is 1480. The van der Waals surface area contributed by atoms with Gasteiger partial charge in [-0.15, -0.1) is 11.3 Å². The Balaban J connectivity index is 1.30. The Hall–Kier alpha value is -3.49. The Morgan fingerprint density at radius 3 is 2.72 bits per heavy atom. The maximum Gasteiger partial charge on any atom is 0.264 e. The third-order valence-electron chi connectivity index (χ3n) is 6.42. The molecule has 0 radical (unpaired) electrons. The van der Waals surface area contributed by atoms with E-state index in [1.165, 1.54) is 33.3 Å². The molecule has 2 aliphatic rings. The van der Waals surface area contributed by atoms with Gasteiger partial charge in [0, 0.05) is 23.1 Å². The number of allylic oxidation sites excluding steroid dienone is 6. The highest BCUT2D eigenvalue weighted by atomic mass is 32.2. The van der Waals surface area contributed by atoms with Crippen molar-refractivity contribution in [2.75, 3.05) is 16.2 Å². The van der Waals surface area contributed by atoms with Gasteiger partial charge in [-0.25, -0.2) is 13.4 Å². The van der Waals surface area contributed by atoms with Crippen molar-refractivity contribution in [3.63, 3.8) is 0 Å². The van der Waals surface area contributed by atoms with Crippen LogP contribution in [0.15, 0.2) is 88.7 Å². The first-order valence-electron chi connectivity index (χ1n) is 12.0. The fourth-order valence-electron chi connectivity index (χ4n) is 4.39. The van der Waals surface area contributed by atoms with Gasteiger partial charge in [-0.3, -0.25) is 14.4 Å². The lowest BCUT2D eigenvalue weighted by atomic mass is 10.0. The van der Waals surface area contributed by atoms with E-state index in [4.69, 9.17) is 0 Å². The Labute approximate surface area is 215 Å². The molecule has 2 heterocycles. The molecule has 8 heteroatoms. The summed E-state index contributed by atoms with van der Waals surface area (Å²) in [4.78, 5) is 17.6. The molecule has 0 saturated carbocycles. The second kappa shape index (κ2) is 10.2. The van der Waals surface area contributed by atoms with E-state index in [9.17, 15) is 13.2 Å². The summed E-state index contributed by atoms with van der Waals surface area (Å²) in [5.41, 5.74) is 5.30. The van der Waals surface area contributed by atoms with Crippen LogP contribution in [0.5, 0.6) is 0 Å². The number of thiazole rings is 1. The van der Waals surface area contributed by atoms with Gasteiger partial charge in [-0.2, -0.15) is 0 Å². The van der Waals surface area contributed by atoms with E-state index in [0.717, 1.165) is 48.2 Å². The quantitative estimate of drug-likeness (QED) is 0.421. The zero-order chi connectivity index (χ0) is 25.1. The lowest BCUT2D eigenvalue weighted by Crippen LogP contribution is -2.35. The normalized spacial score (nSPS) is 15.5. The van der Waals surface area contributed by atoms with E-state index in [1.54, 1.807) is 12.1 Å². The number of carbonyl (C=O) groups is 1. The molecule has 0 spiro atoms. The summed E-state index contributed by atoms with van der Waals surface area (Å²) in [6, 6.07) is 13.7. The van der Waals surface area contributed by atoms with Crippen molar-refractivity contribution in [1.82, 2.24) is 4.98 Å². The summed E-state index contributed by atoms with van der Waals surface area (Å²) >= 11 is 1.36. The Morgan fingerprint density at radius 1 is 1.11 bits per heavy atom. The number of nitrogens with zero attached hydrogens (tertiary/aromatic N) is 2. The SMILES string of the molecule is CCC1=CC=C(c2csc(NC(=O)c3ccc(S(=O)(=O)N4CCCc5ccccc54)cc3)n2)C=CC1. The van der Waals surface area contributed by atoms with Crippen LogP contribution in [0.4, 0.5) is 10.8 Å². The van der Waals surface area contributed by atoms with Crippen LogP contribution < -0.4 is 9.62 Å². The first-order valence-corrected chi connectivity index (χ1v) is 14.3. The fraction of sp³-hybridized carbons (Fsp3) is 0.214. The number of para-hydroxylation sites is 1. The summed E-state index contributed by atoms with van der Waals surface area (Å²) < 4.78 is 28.1.